The highest BCUT2D eigenvalue weighted by Crippen LogP contribution is 2.72. The smallest absolute Gasteiger partial charge is 0.388 e. The summed E-state index contributed by atoms with van der Waals surface area (Å²) in [5.41, 5.74) is -0.113. The largest absolute Gasteiger partial charge is 0.476 e. The molecule has 0 aromatic heterocycles. The topological polar surface area (TPSA) is 77.8 Å². The number of aliphatic hydroxyl groups is 1. The molecule has 2 saturated heterocycles. The Bertz CT molecular complexity index is 312. The van der Waals surface area contributed by atoms with Gasteiger partial charge >= 0.3 is 19.1 Å². The van der Waals surface area contributed by atoms with E-state index in [9.17, 15) is 14.5 Å². The lowest BCUT2D eigenvalue weighted by Gasteiger charge is -2.17. The summed E-state index contributed by atoms with van der Waals surface area (Å²) in [6.07, 6.45) is 3.26. The molecule has 0 radical (unpaired) electrons. The molecule has 3 atom stereocenters. The van der Waals surface area contributed by atoms with Gasteiger partial charge in [0.15, 0.2) is 0 Å². The third kappa shape index (κ3) is 1.58. The van der Waals surface area contributed by atoms with Crippen LogP contribution < -0.4 is 0 Å². The van der Waals surface area contributed by atoms with Gasteiger partial charge in [0.05, 0.1) is 0 Å². The molecule has 6 heteroatoms. The van der Waals surface area contributed by atoms with Crippen LogP contribution in [-0.4, -0.2) is 51.7 Å². The number of aliphatic hydroxyl groups excluding tert-OH is 1. The number of aliphatic carboxylic acids is 1. The molecule has 2 fully saturated rings. The molecule has 90 valence electrons. The summed E-state index contributed by atoms with van der Waals surface area (Å²) >= 11 is 0. The highest BCUT2D eigenvalue weighted by atomic mass is 31.1. The first-order chi connectivity index (χ1) is 7.65. The number of likely N-dealkylation sites (tertiary alicyclic amines) is 1. The molecule has 0 aromatic rings. The quantitative estimate of drug-likeness (QED) is 0.536. The SMILES string of the molecule is O=C(O)[C@]12C(CCN1CCCCCO)[P+]2=O. The first kappa shape index (κ1) is 12.0. The van der Waals surface area contributed by atoms with Gasteiger partial charge in [0, 0.05) is 26.1 Å². The summed E-state index contributed by atoms with van der Waals surface area (Å²) in [6.45, 7) is 1.61. The first-order valence-corrected chi connectivity index (χ1v) is 7.04. The minimum atomic E-state index is -1.57. The lowest BCUT2D eigenvalue weighted by atomic mass is 10.2. The monoisotopic (exact) mass is 246 g/mol. The standard InChI is InChI=1S/C10H16NO4P/c12-7-3-1-2-5-11-6-4-8-10(11,9(13)14)16(8)15/h8,12H,1-7H2/p+1/t8?,10-/m1/s1. The maximum atomic E-state index is 11.6. The van der Waals surface area contributed by atoms with Crippen LogP contribution in [0.5, 0.6) is 0 Å². The zero-order valence-electron chi connectivity index (χ0n) is 9.13. The zero-order chi connectivity index (χ0) is 11.8. The van der Waals surface area contributed by atoms with Gasteiger partial charge in [-0.05, 0) is 19.3 Å². The van der Waals surface area contributed by atoms with Crippen molar-refractivity contribution in [1.29, 1.82) is 0 Å². The van der Waals surface area contributed by atoms with Crippen LogP contribution in [0.1, 0.15) is 25.7 Å². The molecular weight excluding hydrogens is 229 g/mol. The van der Waals surface area contributed by atoms with Crippen LogP contribution >= 0.6 is 7.80 Å². The van der Waals surface area contributed by atoms with Crippen molar-refractivity contribution in [1.82, 2.24) is 4.90 Å². The van der Waals surface area contributed by atoms with Crippen LogP contribution in [0.4, 0.5) is 0 Å². The van der Waals surface area contributed by atoms with Crippen LogP contribution in [0.3, 0.4) is 0 Å². The fraction of sp³-hybridized carbons (Fsp3) is 0.900. The minimum absolute atomic E-state index is 0.113. The molecule has 2 aliphatic heterocycles. The third-order valence-corrected chi connectivity index (χ3v) is 5.95. The van der Waals surface area contributed by atoms with Gasteiger partial charge in [0.2, 0.25) is 5.66 Å². The van der Waals surface area contributed by atoms with E-state index in [0.717, 1.165) is 32.2 Å². The van der Waals surface area contributed by atoms with Crippen molar-refractivity contribution in [2.45, 2.75) is 36.6 Å². The number of unbranched alkanes of at least 4 members (excludes halogenated alkanes) is 2. The second kappa shape index (κ2) is 4.40. The summed E-state index contributed by atoms with van der Waals surface area (Å²) < 4.78 is 11.6. The molecule has 16 heavy (non-hydrogen) atoms. The predicted molar refractivity (Wildman–Crippen MR) is 58.9 cm³/mol. The minimum Gasteiger partial charge on any atom is -0.476 e. The number of carbonyl (C=O) groups is 1. The van der Waals surface area contributed by atoms with Gasteiger partial charge < -0.3 is 10.2 Å². The molecule has 2 heterocycles. The van der Waals surface area contributed by atoms with E-state index in [1.54, 1.807) is 0 Å². The summed E-state index contributed by atoms with van der Waals surface area (Å²) in [4.78, 5) is 13.1. The average molecular weight is 246 g/mol. The number of carboxylic acids is 1. The van der Waals surface area contributed by atoms with Crippen LogP contribution in [0.15, 0.2) is 0 Å². The van der Waals surface area contributed by atoms with E-state index in [2.05, 4.69) is 0 Å². The van der Waals surface area contributed by atoms with Crippen molar-refractivity contribution >= 4 is 13.8 Å². The fourth-order valence-electron chi connectivity index (χ4n) is 2.67. The van der Waals surface area contributed by atoms with E-state index in [4.69, 9.17) is 5.11 Å². The normalized spacial score (nSPS) is 35.1. The van der Waals surface area contributed by atoms with Crippen molar-refractivity contribution in [3.8, 4) is 0 Å². The number of carboxylic acid groups (broad SMARTS) is 1. The Morgan fingerprint density at radius 1 is 1.44 bits per heavy atom. The highest BCUT2D eigenvalue weighted by Gasteiger charge is 2.90. The number of rotatable bonds is 6. The molecule has 0 amide bonds. The lowest BCUT2D eigenvalue weighted by molar-refractivity contribution is -0.142. The van der Waals surface area contributed by atoms with Crippen molar-refractivity contribution in [3.63, 3.8) is 0 Å². The van der Waals surface area contributed by atoms with Crippen LogP contribution in [0.25, 0.3) is 0 Å². The van der Waals surface area contributed by atoms with Gasteiger partial charge in [-0.1, -0.05) is 4.57 Å². The van der Waals surface area contributed by atoms with Crippen LogP contribution in [-0.2, 0) is 9.36 Å². The second-order valence-corrected chi connectivity index (χ2v) is 6.39. The fourth-order valence-corrected chi connectivity index (χ4v) is 4.86. The summed E-state index contributed by atoms with van der Waals surface area (Å²) in [5, 5.41) is 16.8. The molecule has 0 aliphatic carbocycles. The highest BCUT2D eigenvalue weighted by molar-refractivity contribution is 7.58. The molecule has 0 spiro atoms. The predicted octanol–water partition coefficient (Wildman–Crippen LogP) is 0.845. The molecule has 0 saturated carbocycles. The molecule has 2 aliphatic rings. The summed E-state index contributed by atoms with van der Waals surface area (Å²) in [5.74, 6) is -0.918. The van der Waals surface area contributed by atoms with E-state index in [-0.39, 0.29) is 12.3 Å². The van der Waals surface area contributed by atoms with E-state index in [0.29, 0.717) is 6.54 Å². The Morgan fingerprint density at radius 2 is 2.19 bits per heavy atom. The number of hydrogen-bond donors (Lipinski definition) is 2. The van der Waals surface area contributed by atoms with Gasteiger partial charge in [-0.3, -0.25) is 0 Å². The molecule has 2 N–H and O–H groups in total. The third-order valence-electron chi connectivity index (χ3n) is 3.57. The van der Waals surface area contributed by atoms with E-state index >= 15 is 0 Å². The first-order valence-electron chi connectivity index (χ1n) is 5.71. The van der Waals surface area contributed by atoms with E-state index < -0.39 is 19.1 Å². The van der Waals surface area contributed by atoms with Crippen molar-refractivity contribution < 1.29 is 19.6 Å². The average Bonchev–Trinajstić information content (AvgIpc) is 2.69. The maximum Gasteiger partial charge on any atom is 0.388 e. The van der Waals surface area contributed by atoms with E-state index in [1.165, 1.54) is 0 Å². The molecule has 0 bridgehead atoms. The number of fused-ring (bicyclic) bond motifs is 1. The van der Waals surface area contributed by atoms with Crippen molar-refractivity contribution in [2.75, 3.05) is 19.7 Å². The molecule has 2 unspecified atom stereocenters. The second-order valence-electron chi connectivity index (χ2n) is 4.43. The van der Waals surface area contributed by atoms with Gasteiger partial charge in [-0.25, -0.2) is 9.69 Å². The van der Waals surface area contributed by atoms with Gasteiger partial charge in [-0.15, -0.1) is 0 Å². The Balaban J connectivity index is 1.90. The lowest BCUT2D eigenvalue weighted by Crippen LogP contribution is -2.41. The van der Waals surface area contributed by atoms with Gasteiger partial charge in [-0.2, -0.15) is 0 Å². The van der Waals surface area contributed by atoms with E-state index in [1.807, 2.05) is 4.90 Å². The summed E-state index contributed by atoms with van der Waals surface area (Å²) in [7, 11) is -1.57. The zero-order valence-corrected chi connectivity index (χ0v) is 10.0. The molecule has 5 nitrogen and oxygen atoms in total. The summed E-state index contributed by atoms with van der Waals surface area (Å²) in [6, 6.07) is 0. The Labute approximate surface area is 95.2 Å². The Morgan fingerprint density at radius 3 is 2.75 bits per heavy atom. The molecular formula is C10H17NO4P+. The maximum absolute atomic E-state index is 11.6. The van der Waals surface area contributed by atoms with Crippen LogP contribution in [0.2, 0.25) is 0 Å². The Kier molecular flexibility index (Phi) is 3.29. The number of nitrogens with zero attached hydrogens (tertiary/aromatic N) is 1. The van der Waals surface area contributed by atoms with Gasteiger partial charge in [0.1, 0.15) is 0 Å². The van der Waals surface area contributed by atoms with Gasteiger partial charge in [0.25, 0.3) is 0 Å². The molecule has 2 rings (SSSR count). The molecule has 0 aromatic carbocycles. The Hall–Kier alpha value is -0.510. The number of hydrogen-bond acceptors (Lipinski definition) is 4. The van der Waals surface area contributed by atoms with Crippen LogP contribution in [0, 0.1) is 0 Å². The van der Waals surface area contributed by atoms with Crippen molar-refractivity contribution in [3.05, 3.63) is 0 Å². The van der Waals surface area contributed by atoms with Crippen molar-refractivity contribution in [2.24, 2.45) is 0 Å².